The first-order valence-electron chi connectivity index (χ1n) is 17.6. The lowest BCUT2D eigenvalue weighted by atomic mass is 9.68. The zero-order valence-electron chi connectivity index (χ0n) is 28.0. The van der Waals surface area contributed by atoms with Gasteiger partial charge in [0.1, 0.15) is 0 Å². The molecule has 240 valence electrons. The lowest BCUT2D eigenvalue weighted by Crippen LogP contribution is -2.28. The van der Waals surface area contributed by atoms with Gasteiger partial charge in [0, 0.05) is 33.5 Å². The summed E-state index contributed by atoms with van der Waals surface area (Å²) in [6.07, 6.45) is 0. The number of aromatic nitrogens is 1. The maximum Gasteiger partial charge on any atom is 0.0713 e. The van der Waals surface area contributed by atoms with Crippen LogP contribution in [0.4, 0.5) is 17.1 Å². The first kappa shape index (κ1) is 29.3. The van der Waals surface area contributed by atoms with E-state index in [9.17, 15) is 0 Å². The molecule has 10 rings (SSSR count). The molecule has 0 bridgehead atoms. The molecule has 1 aliphatic rings. The highest BCUT2D eigenvalue weighted by atomic mass is 15.1. The molecule has 1 aliphatic carbocycles. The number of nitrogens with zero attached hydrogens (tertiary/aromatic N) is 2. The third kappa shape index (κ3) is 4.43. The molecule has 0 aliphatic heterocycles. The van der Waals surface area contributed by atoms with Gasteiger partial charge in [-0.1, -0.05) is 146 Å². The van der Waals surface area contributed by atoms with Gasteiger partial charge in [0.15, 0.2) is 0 Å². The topological polar surface area (TPSA) is 8.17 Å². The van der Waals surface area contributed by atoms with E-state index in [2.05, 4.69) is 216 Å². The Bertz CT molecular complexity index is 2630. The second-order valence-electron chi connectivity index (χ2n) is 13.3. The third-order valence-corrected chi connectivity index (χ3v) is 10.7. The van der Waals surface area contributed by atoms with Crippen molar-refractivity contribution < 1.29 is 0 Å². The lowest BCUT2D eigenvalue weighted by Gasteiger charge is -2.34. The van der Waals surface area contributed by atoms with Crippen molar-refractivity contribution >= 4 is 38.9 Å². The van der Waals surface area contributed by atoms with Crippen molar-refractivity contribution in [1.29, 1.82) is 0 Å². The fourth-order valence-electron chi connectivity index (χ4n) is 8.55. The van der Waals surface area contributed by atoms with E-state index < -0.39 is 5.41 Å². The minimum atomic E-state index is -0.428. The number of anilines is 3. The summed E-state index contributed by atoms with van der Waals surface area (Å²) in [4.78, 5) is 2.38. The van der Waals surface area contributed by atoms with Crippen molar-refractivity contribution in [3.63, 3.8) is 0 Å². The number of hydrogen-bond acceptors (Lipinski definition) is 1. The molecule has 2 heteroatoms. The van der Waals surface area contributed by atoms with Crippen LogP contribution in [0.2, 0.25) is 0 Å². The molecule has 0 saturated heterocycles. The minimum absolute atomic E-state index is 0.428. The van der Waals surface area contributed by atoms with Gasteiger partial charge in [-0.25, -0.2) is 0 Å². The van der Waals surface area contributed by atoms with Crippen LogP contribution in [-0.2, 0) is 5.41 Å². The lowest BCUT2D eigenvalue weighted by molar-refractivity contribution is 0.768. The van der Waals surface area contributed by atoms with Crippen molar-refractivity contribution in [2.45, 2.75) is 5.41 Å². The fourth-order valence-corrected chi connectivity index (χ4v) is 8.55. The standard InChI is InChI=1S/C49H34N2/c1-4-16-35(17-5-1)49(45-25-13-10-22-41(45)42-23-11-14-26-46(42)49)36-28-30-39(31-29-36)50(37-18-6-2-7-19-37)40-32-33-48-44(34-40)43-24-12-15-27-47(43)51(48)38-20-8-3-9-21-38/h1-34H. The Morgan fingerprint density at radius 3 is 1.53 bits per heavy atom. The van der Waals surface area contributed by atoms with Crippen LogP contribution >= 0.6 is 0 Å². The van der Waals surface area contributed by atoms with Gasteiger partial charge in [-0.2, -0.15) is 0 Å². The number of fused-ring (bicyclic) bond motifs is 6. The Morgan fingerprint density at radius 1 is 0.353 bits per heavy atom. The van der Waals surface area contributed by atoms with E-state index in [1.54, 1.807) is 0 Å². The highest BCUT2D eigenvalue weighted by Gasteiger charge is 2.45. The van der Waals surface area contributed by atoms with Crippen LogP contribution in [-0.4, -0.2) is 4.57 Å². The number of benzene rings is 8. The smallest absolute Gasteiger partial charge is 0.0713 e. The average Bonchev–Trinajstić information content (AvgIpc) is 3.70. The van der Waals surface area contributed by atoms with Crippen LogP contribution in [0.15, 0.2) is 206 Å². The van der Waals surface area contributed by atoms with Crippen molar-refractivity contribution in [2.75, 3.05) is 4.90 Å². The van der Waals surface area contributed by atoms with Crippen molar-refractivity contribution in [2.24, 2.45) is 0 Å². The van der Waals surface area contributed by atoms with E-state index in [1.165, 1.54) is 55.2 Å². The molecule has 0 unspecified atom stereocenters. The van der Waals surface area contributed by atoms with Gasteiger partial charge in [0.2, 0.25) is 0 Å². The van der Waals surface area contributed by atoms with Gasteiger partial charge >= 0.3 is 0 Å². The maximum atomic E-state index is 2.38. The largest absolute Gasteiger partial charge is 0.310 e. The van der Waals surface area contributed by atoms with E-state index in [-0.39, 0.29) is 0 Å². The van der Waals surface area contributed by atoms with Gasteiger partial charge in [-0.3, -0.25) is 0 Å². The summed E-state index contributed by atoms with van der Waals surface area (Å²) in [5.74, 6) is 0. The van der Waals surface area contributed by atoms with Gasteiger partial charge in [-0.05, 0) is 94.0 Å². The summed E-state index contributed by atoms with van der Waals surface area (Å²) in [6.45, 7) is 0. The van der Waals surface area contributed by atoms with E-state index in [4.69, 9.17) is 0 Å². The first-order valence-corrected chi connectivity index (χ1v) is 17.6. The molecular formula is C49H34N2. The minimum Gasteiger partial charge on any atom is -0.310 e. The summed E-state index contributed by atoms with van der Waals surface area (Å²) in [6, 6.07) is 75.1. The molecule has 8 aromatic carbocycles. The Labute approximate surface area is 298 Å². The molecule has 1 aromatic heterocycles. The zero-order chi connectivity index (χ0) is 33.8. The van der Waals surface area contributed by atoms with E-state index in [1.807, 2.05) is 0 Å². The van der Waals surface area contributed by atoms with Gasteiger partial charge in [0.25, 0.3) is 0 Å². The highest BCUT2D eigenvalue weighted by molar-refractivity contribution is 6.10. The number of hydrogen-bond donors (Lipinski definition) is 0. The molecule has 0 atom stereocenters. The Kier molecular flexibility index (Phi) is 6.75. The molecular weight excluding hydrogens is 617 g/mol. The van der Waals surface area contributed by atoms with Crippen molar-refractivity contribution in [1.82, 2.24) is 4.57 Å². The van der Waals surface area contributed by atoms with Crippen LogP contribution in [0.1, 0.15) is 22.3 Å². The molecule has 0 radical (unpaired) electrons. The Balaban J connectivity index is 1.16. The highest BCUT2D eigenvalue weighted by Crippen LogP contribution is 2.56. The predicted octanol–water partition coefficient (Wildman–Crippen LogP) is 12.6. The molecule has 0 N–H and O–H groups in total. The average molecular weight is 651 g/mol. The van der Waals surface area contributed by atoms with Crippen LogP contribution in [0.25, 0.3) is 38.6 Å². The number of rotatable bonds is 6. The molecule has 9 aromatic rings. The van der Waals surface area contributed by atoms with E-state index >= 15 is 0 Å². The summed E-state index contributed by atoms with van der Waals surface area (Å²) < 4.78 is 2.37. The van der Waals surface area contributed by atoms with Crippen LogP contribution in [0.3, 0.4) is 0 Å². The zero-order valence-corrected chi connectivity index (χ0v) is 28.0. The summed E-state index contributed by atoms with van der Waals surface area (Å²) in [5, 5.41) is 2.47. The quantitative estimate of drug-likeness (QED) is 0.174. The maximum absolute atomic E-state index is 2.38. The van der Waals surface area contributed by atoms with Crippen molar-refractivity contribution in [3.8, 4) is 16.8 Å². The van der Waals surface area contributed by atoms with Crippen LogP contribution in [0, 0.1) is 0 Å². The SMILES string of the molecule is c1ccc(N(c2ccc(C3(c4ccccc4)c4ccccc4-c4ccccc43)cc2)c2ccc3c(c2)c2ccccc2n3-c2ccccc2)cc1. The monoisotopic (exact) mass is 650 g/mol. The molecule has 1 heterocycles. The molecule has 0 spiro atoms. The van der Waals surface area contributed by atoms with Crippen LogP contribution < -0.4 is 4.90 Å². The molecule has 51 heavy (non-hydrogen) atoms. The van der Waals surface area contributed by atoms with Crippen LogP contribution in [0.5, 0.6) is 0 Å². The predicted molar refractivity (Wildman–Crippen MR) is 213 cm³/mol. The summed E-state index contributed by atoms with van der Waals surface area (Å²) >= 11 is 0. The Morgan fingerprint density at radius 2 is 0.843 bits per heavy atom. The second kappa shape index (κ2) is 11.8. The normalized spacial score (nSPS) is 12.9. The molecule has 2 nitrogen and oxygen atoms in total. The van der Waals surface area contributed by atoms with Gasteiger partial charge < -0.3 is 9.47 Å². The van der Waals surface area contributed by atoms with E-state index in [0.717, 1.165) is 22.7 Å². The number of para-hydroxylation sites is 3. The third-order valence-electron chi connectivity index (χ3n) is 10.7. The summed E-state index contributed by atoms with van der Waals surface area (Å²) in [5.41, 5.74) is 14.3. The van der Waals surface area contributed by atoms with E-state index in [0.29, 0.717) is 0 Å². The Hall–Kier alpha value is -6.64. The fraction of sp³-hybridized carbons (Fsp3) is 0.0204. The second-order valence-corrected chi connectivity index (χ2v) is 13.3. The molecule has 0 saturated carbocycles. The van der Waals surface area contributed by atoms with Crippen molar-refractivity contribution in [3.05, 3.63) is 229 Å². The molecule has 0 fully saturated rings. The first-order chi connectivity index (χ1) is 25.3. The van der Waals surface area contributed by atoms with Gasteiger partial charge in [-0.15, -0.1) is 0 Å². The molecule has 0 amide bonds. The van der Waals surface area contributed by atoms with Gasteiger partial charge in [0.05, 0.1) is 16.4 Å². The summed E-state index contributed by atoms with van der Waals surface area (Å²) in [7, 11) is 0.